The molecule has 0 aromatic heterocycles. The topological polar surface area (TPSA) is 55.8 Å². The Morgan fingerprint density at radius 3 is 2.89 bits per heavy atom. The Hall–Kier alpha value is -1.55. The molecule has 1 heterocycles. The van der Waals surface area contributed by atoms with Crippen molar-refractivity contribution in [2.75, 3.05) is 13.2 Å². The van der Waals surface area contributed by atoms with Crippen LogP contribution in [0, 0.1) is 0 Å². The lowest BCUT2D eigenvalue weighted by Gasteiger charge is -2.23. The van der Waals surface area contributed by atoms with E-state index in [0.717, 1.165) is 37.4 Å². The van der Waals surface area contributed by atoms with E-state index >= 15 is 0 Å². The SMILES string of the molecule is O=C(O)CCc1cccc(OC2CCOCC2)c1. The van der Waals surface area contributed by atoms with E-state index in [2.05, 4.69) is 0 Å². The summed E-state index contributed by atoms with van der Waals surface area (Å²) in [5.74, 6) is 0.0514. The third kappa shape index (κ3) is 4.04. The third-order valence-electron chi connectivity index (χ3n) is 3.00. The number of rotatable bonds is 5. The van der Waals surface area contributed by atoms with Crippen LogP contribution in [-0.4, -0.2) is 30.4 Å². The van der Waals surface area contributed by atoms with Crippen LogP contribution in [0.1, 0.15) is 24.8 Å². The molecule has 0 unspecified atom stereocenters. The zero-order valence-corrected chi connectivity index (χ0v) is 10.3. The first-order chi connectivity index (χ1) is 8.74. The third-order valence-corrected chi connectivity index (χ3v) is 3.00. The fraction of sp³-hybridized carbons (Fsp3) is 0.500. The minimum Gasteiger partial charge on any atom is -0.490 e. The zero-order valence-electron chi connectivity index (χ0n) is 10.3. The van der Waals surface area contributed by atoms with Crippen LogP contribution in [0.15, 0.2) is 24.3 Å². The summed E-state index contributed by atoms with van der Waals surface area (Å²) in [6.45, 7) is 1.51. The van der Waals surface area contributed by atoms with Crippen molar-refractivity contribution in [3.05, 3.63) is 29.8 Å². The number of ether oxygens (including phenoxy) is 2. The highest BCUT2D eigenvalue weighted by molar-refractivity contribution is 5.67. The number of carboxylic acid groups (broad SMARTS) is 1. The predicted molar refractivity (Wildman–Crippen MR) is 66.9 cm³/mol. The molecule has 4 nitrogen and oxygen atoms in total. The highest BCUT2D eigenvalue weighted by Crippen LogP contribution is 2.19. The number of benzene rings is 1. The van der Waals surface area contributed by atoms with Crippen LogP contribution < -0.4 is 4.74 Å². The van der Waals surface area contributed by atoms with E-state index in [1.54, 1.807) is 0 Å². The Morgan fingerprint density at radius 2 is 2.17 bits per heavy atom. The molecule has 1 N–H and O–H groups in total. The minimum atomic E-state index is -0.772. The molecular weight excluding hydrogens is 232 g/mol. The average molecular weight is 250 g/mol. The van der Waals surface area contributed by atoms with Crippen molar-refractivity contribution in [2.45, 2.75) is 31.8 Å². The Labute approximate surface area is 107 Å². The maximum Gasteiger partial charge on any atom is 0.303 e. The average Bonchev–Trinajstić information content (AvgIpc) is 2.38. The molecule has 1 aromatic carbocycles. The van der Waals surface area contributed by atoms with Gasteiger partial charge in [0, 0.05) is 19.3 Å². The van der Waals surface area contributed by atoms with E-state index in [1.807, 2.05) is 24.3 Å². The lowest BCUT2D eigenvalue weighted by atomic mass is 10.1. The van der Waals surface area contributed by atoms with Gasteiger partial charge >= 0.3 is 5.97 Å². The second-order valence-corrected chi connectivity index (χ2v) is 4.47. The largest absolute Gasteiger partial charge is 0.490 e. The number of aliphatic carboxylic acids is 1. The van der Waals surface area contributed by atoms with Gasteiger partial charge in [-0.2, -0.15) is 0 Å². The van der Waals surface area contributed by atoms with Gasteiger partial charge in [0.05, 0.1) is 13.2 Å². The Balaban J connectivity index is 1.91. The molecule has 0 radical (unpaired) electrons. The fourth-order valence-corrected chi connectivity index (χ4v) is 2.01. The molecular formula is C14H18O4. The quantitative estimate of drug-likeness (QED) is 0.871. The van der Waals surface area contributed by atoms with Crippen LogP contribution in [0.25, 0.3) is 0 Å². The number of aryl methyl sites for hydroxylation is 1. The molecule has 0 bridgehead atoms. The van der Waals surface area contributed by atoms with Crippen molar-refractivity contribution in [3.63, 3.8) is 0 Å². The van der Waals surface area contributed by atoms with Gasteiger partial charge in [-0.15, -0.1) is 0 Å². The Morgan fingerprint density at radius 1 is 1.39 bits per heavy atom. The number of hydrogen-bond donors (Lipinski definition) is 1. The van der Waals surface area contributed by atoms with Gasteiger partial charge in [-0.3, -0.25) is 4.79 Å². The number of hydrogen-bond acceptors (Lipinski definition) is 3. The molecule has 1 fully saturated rings. The van der Waals surface area contributed by atoms with Gasteiger partial charge < -0.3 is 14.6 Å². The summed E-state index contributed by atoms with van der Waals surface area (Å²) in [5, 5.41) is 8.66. The highest BCUT2D eigenvalue weighted by Gasteiger charge is 2.15. The summed E-state index contributed by atoms with van der Waals surface area (Å²) < 4.78 is 11.2. The summed E-state index contributed by atoms with van der Waals surface area (Å²) >= 11 is 0. The van der Waals surface area contributed by atoms with E-state index in [4.69, 9.17) is 14.6 Å². The first kappa shape index (κ1) is 12.9. The van der Waals surface area contributed by atoms with Gasteiger partial charge in [0.2, 0.25) is 0 Å². The van der Waals surface area contributed by atoms with Gasteiger partial charge in [-0.05, 0) is 24.1 Å². The monoisotopic (exact) mass is 250 g/mol. The highest BCUT2D eigenvalue weighted by atomic mass is 16.5. The molecule has 1 aliphatic rings. The van der Waals surface area contributed by atoms with Gasteiger partial charge in [0.15, 0.2) is 0 Å². The van der Waals surface area contributed by atoms with Crippen LogP contribution >= 0.6 is 0 Å². The molecule has 1 saturated heterocycles. The molecule has 18 heavy (non-hydrogen) atoms. The van der Waals surface area contributed by atoms with Crippen molar-refractivity contribution in [1.29, 1.82) is 0 Å². The maximum atomic E-state index is 10.5. The van der Waals surface area contributed by atoms with Gasteiger partial charge in [0.1, 0.15) is 11.9 Å². The van der Waals surface area contributed by atoms with E-state index in [1.165, 1.54) is 0 Å². The second kappa shape index (κ2) is 6.40. The summed E-state index contributed by atoms with van der Waals surface area (Å²) in [6, 6.07) is 7.68. The maximum absolute atomic E-state index is 10.5. The molecule has 2 rings (SSSR count). The predicted octanol–water partition coefficient (Wildman–Crippen LogP) is 2.26. The zero-order chi connectivity index (χ0) is 12.8. The first-order valence-corrected chi connectivity index (χ1v) is 6.29. The number of carboxylic acids is 1. The molecule has 0 aliphatic carbocycles. The van der Waals surface area contributed by atoms with E-state index in [0.29, 0.717) is 6.42 Å². The van der Waals surface area contributed by atoms with Gasteiger partial charge in [-0.1, -0.05) is 12.1 Å². The van der Waals surface area contributed by atoms with E-state index in [9.17, 15) is 4.79 Å². The van der Waals surface area contributed by atoms with E-state index in [-0.39, 0.29) is 12.5 Å². The Bertz CT molecular complexity index is 397. The molecule has 1 aliphatic heterocycles. The standard InChI is InChI=1S/C14H18O4/c15-14(16)5-4-11-2-1-3-13(10-11)18-12-6-8-17-9-7-12/h1-3,10,12H,4-9H2,(H,15,16). The molecule has 98 valence electrons. The molecule has 0 amide bonds. The lowest BCUT2D eigenvalue weighted by Crippen LogP contribution is -2.25. The van der Waals surface area contributed by atoms with Crippen molar-refractivity contribution < 1.29 is 19.4 Å². The second-order valence-electron chi connectivity index (χ2n) is 4.47. The van der Waals surface area contributed by atoms with Crippen molar-refractivity contribution in [3.8, 4) is 5.75 Å². The normalized spacial score (nSPS) is 16.4. The summed E-state index contributed by atoms with van der Waals surface area (Å²) in [7, 11) is 0. The smallest absolute Gasteiger partial charge is 0.303 e. The van der Waals surface area contributed by atoms with Gasteiger partial charge in [0.25, 0.3) is 0 Å². The van der Waals surface area contributed by atoms with Crippen LogP contribution in [0.5, 0.6) is 5.75 Å². The lowest BCUT2D eigenvalue weighted by molar-refractivity contribution is -0.136. The van der Waals surface area contributed by atoms with Crippen LogP contribution in [0.4, 0.5) is 0 Å². The molecule has 0 spiro atoms. The minimum absolute atomic E-state index is 0.153. The molecule has 0 saturated carbocycles. The van der Waals surface area contributed by atoms with Crippen molar-refractivity contribution >= 4 is 5.97 Å². The molecule has 0 atom stereocenters. The molecule has 4 heteroatoms. The Kier molecular flexibility index (Phi) is 4.59. The van der Waals surface area contributed by atoms with Crippen LogP contribution in [-0.2, 0) is 16.0 Å². The first-order valence-electron chi connectivity index (χ1n) is 6.29. The summed E-state index contributed by atoms with van der Waals surface area (Å²) in [4.78, 5) is 10.5. The fourth-order valence-electron chi connectivity index (χ4n) is 2.01. The van der Waals surface area contributed by atoms with Gasteiger partial charge in [-0.25, -0.2) is 0 Å². The van der Waals surface area contributed by atoms with Crippen molar-refractivity contribution in [1.82, 2.24) is 0 Å². The van der Waals surface area contributed by atoms with Crippen molar-refractivity contribution in [2.24, 2.45) is 0 Å². The summed E-state index contributed by atoms with van der Waals surface area (Å²) in [6.07, 6.45) is 2.74. The van der Waals surface area contributed by atoms with Crippen LogP contribution in [0.3, 0.4) is 0 Å². The summed E-state index contributed by atoms with van der Waals surface area (Å²) in [5.41, 5.74) is 1.00. The van der Waals surface area contributed by atoms with E-state index < -0.39 is 5.97 Å². The molecule has 1 aromatic rings. The number of carbonyl (C=O) groups is 1. The van der Waals surface area contributed by atoms with Crippen LogP contribution in [0.2, 0.25) is 0 Å².